The first-order valence-corrected chi connectivity index (χ1v) is 10.1. The number of likely N-dealkylation sites (N-methyl/N-ethyl adjacent to an activating group) is 2. The first-order valence-electron chi connectivity index (χ1n) is 10.1. The molecule has 2 aliphatic heterocycles. The molecule has 140 valence electrons. The average molecular weight is 346 g/mol. The van der Waals surface area contributed by atoms with Gasteiger partial charge >= 0.3 is 0 Å². The highest BCUT2D eigenvalue weighted by molar-refractivity contribution is 5.44. The van der Waals surface area contributed by atoms with Crippen molar-refractivity contribution in [3.8, 4) is 5.75 Å². The van der Waals surface area contributed by atoms with Gasteiger partial charge in [0, 0.05) is 50.9 Å². The van der Waals surface area contributed by atoms with E-state index in [9.17, 15) is 0 Å². The van der Waals surface area contributed by atoms with E-state index in [1.807, 2.05) is 0 Å². The van der Waals surface area contributed by atoms with E-state index in [1.54, 1.807) is 5.56 Å². The minimum Gasteiger partial charge on any atom is -0.494 e. The molecular weight excluding hydrogens is 310 g/mol. The van der Waals surface area contributed by atoms with Crippen LogP contribution in [0.15, 0.2) is 12.1 Å². The van der Waals surface area contributed by atoms with Crippen molar-refractivity contribution in [2.45, 2.75) is 52.7 Å². The zero-order valence-corrected chi connectivity index (χ0v) is 16.6. The molecule has 2 heterocycles. The molecule has 1 saturated heterocycles. The molecule has 0 spiro atoms. The molecule has 1 unspecified atom stereocenters. The second kappa shape index (κ2) is 8.52. The molecule has 0 aromatic heterocycles. The lowest BCUT2D eigenvalue weighted by molar-refractivity contribution is 0.146. The second-order valence-corrected chi connectivity index (χ2v) is 7.57. The predicted octanol–water partition coefficient (Wildman–Crippen LogP) is 2.99. The lowest BCUT2D eigenvalue weighted by atomic mass is 9.90. The van der Waals surface area contributed by atoms with Crippen LogP contribution in [0.25, 0.3) is 0 Å². The third-order valence-electron chi connectivity index (χ3n) is 5.90. The van der Waals surface area contributed by atoms with Crippen LogP contribution in [0, 0.1) is 0 Å². The minimum atomic E-state index is 0.687. The second-order valence-electron chi connectivity index (χ2n) is 7.57. The monoisotopic (exact) mass is 345 g/mol. The summed E-state index contributed by atoms with van der Waals surface area (Å²) in [5.74, 6) is 1.10. The van der Waals surface area contributed by atoms with E-state index >= 15 is 0 Å². The molecule has 0 bridgehead atoms. The first kappa shape index (κ1) is 18.7. The van der Waals surface area contributed by atoms with Gasteiger partial charge < -0.3 is 9.64 Å². The van der Waals surface area contributed by atoms with Gasteiger partial charge in [-0.05, 0) is 50.6 Å². The first-order chi connectivity index (χ1) is 12.1. The van der Waals surface area contributed by atoms with Crippen molar-refractivity contribution in [1.82, 2.24) is 14.7 Å². The van der Waals surface area contributed by atoms with E-state index in [4.69, 9.17) is 4.74 Å². The largest absolute Gasteiger partial charge is 0.494 e. The number of benzene rings is 1. The van der Waals surface area contributed by atoms with Crippen LogP contribution in [-0.2, 0) is 19.5 Å². The fourth-order valence-corrected chi connectivity index (χ4v) is 4.22. The van der Waals surface area contributed by atoms with E-state index < -0.39 is 0 Å². The van der Waals surface area contributed by atoms with Gasteiger partial charge in [-0.2, -0.15) is 0 Å². The van der Waals surface area contributed by atoms with E-state index in [1.165, 1.54) is 24.0 Å². The summed E-state index contributed by atoms with van der Waals surface area (Å²) in [6.07, 6.45) is 2.41. The van der Waals surface area contributed by atoms with Gasteiger partial charge in [0.15, 0.2) is 0 Å². The van der Waals surface area contributed by atoms with Crippen LogP contribution in [0.3, 0.4) is 0 Å². The highest BCUT2D eigenvalue weighted by Gasteiger charge is 2.26. The van der Waals surface area contributed by atoms with Gasteiger partial charge in [-0.1, -0.05) is 19.9 Å². The molecule has 0 amide bonds. The Kier molecular flexibility index (Phi) is 6.37. The fourth-order valence-electron chi connectivity index (χ4n) is 4.22. The molecule has 4 heteroatoms. The maximum atomic E-state index is 6.03. The number of hydrogen-bond donors (Lipinski definition) is 0. The molecular formula is C21H35N3O. The van der Waals surface area contributed by atoms with Crippen molar-refractivity contribution in [1.29, 1.82) is 0 Å². The molecule has 1 atom stereocenters. The Morgan fingerprint density at radius 3 is 2.44 bits per heavy atom. The lowest BCUT2D eigenvalue weighted by Crippen LogP contribution is -2.44. The Labute approximate surface area is 153 Å². The Morgan fingerprint density at radius 2 is 1.80 bits per heavy atom. The number of fused-ring (bicyclic) bond motifs is 1. The highest BCUT2D eigenvalue weighted by Crippen LogP contribution is 2.32. The summed E-state index contributed by atoms with van der Waals surface area (Å²) in [6, 6.07) is 5.47. The van der Waals surface area contributed by atoms with Crippen molar-refractivity contribution in [3.05, 3.63) is 28.8 Å². The average Bonchev–Trinajstić information content (AvgIpc) is 2.63. The molecule has 0 N–H and O–H groups in total. The summed E-state index contributed by atoms with van der Waals surface area (Å²) in [6.45, 7) is 15.3. The van der Waals surface area contributed by atoms with Crippen LogP contribution in [-0.4, -0.2) is 67.1 Å². The standard InChI is InChI=1S/C21H35N3O/c1-5-20-13-17-12-19(15-23-10-8-22(4)9-11-23)21(25-7-3)14-18(17)16-24(20)6-2/h12,14,20H,5-11,13,15-16H2,1-4H3. The fraction of sp³-hybridized carbons (Fsp3) is 0.714. The smallest absolute Gasteiger partial charge is 0.124 e. The predicted molar refractivity (Wildman–Crippen MR) is 104 cm³/mol. The van der Waals surface area contributed by atoms with Crippen LogP contribution < -0.4 is 4.74 Å². The quantitative estimate of drug-likeness (QED) is 0.789. The number of rotatable bonds is 6. The van der Waals surface area contributed by atoms with E-state index in [0.717, 1.165) is 58.2 Å². The van der Waals surface area contributed by atoms with Gasteiger partial charge in [0.25, 0.3) is 0 Å². The summed E-state index contributed by atoms with van der Waals surface area (Å²) in [4.78, 5) is 7.60. The van der Waals surface area contributed by atoms with Gasteiger partial charge in [-0.25, -0.2) is 0 Å². The van der Waals surface area contributed by atoms with Gasteiger partial charge in [-0.3, -0.25) is 9.80 Å². The summed E-state index contributed by atoms with van der Waals surface area (Å²) >= 11 is 0. The van der Waals surface area contributed by atoms with Crippen LogP contribution >= 0.6 is 0 Å². The van der Waals surface area contributed by atoms with Gasteiger partial charge in [-0.15, -0.1) is 0 Å². The summed E-state index contributed by atoms with van der Waals surface area (Å²) in [7, 11) is 2.21. The molecule has 1 fully saturated rings. The number of piperazine rings is 1. The van der Waals surface area contributed by atoms with Crippen molar-refractivity contribution in [2.75, 3.05) is 46.4 Å². The molecule has 1 aromatic rings. The van der Waals surface area contributed by atoms with Crippen molar-refractivity contribution in [2.24, 2.45) is 0 Å². The SMILES string of the molecule is CCOc1cc2c(cc1CN1CCN(C)CC1)CC(CC)N(CC)C2. The maximum Gasteiger partial charge on any atom is 0.124 e. The van der Waals surface area contributed by atoms with Gasteiger partial charge in [0.05, 0.1) is 6.61 Å². The van der Waals surface area contributed by atoms with Crippen LogP contribution in [0.1, 0.15) is 43.9 Å². The van der Waals surface area contributed by atoms with Crippen molar-refractivity contribution in [3.63, 3.8) is 0 Å². The molecule has 0 aliphatic carbocycles. The molecule has 25 heavy (non-hydrogen) atoms. The normalized spacial score (nSPS) is 22.8. The van der Waals surface area contributed by atoms with E-state index in [0.29, 0.717) is 6.04 Å². The summed E-state index contributed by atoms with van der Waals surface area (Å²) in [5.41, 5.74) is 4.39. The maximum absolute atomic E-state index is 6.03. The molecule has 3 rings (SSSR count). The zero-order valence-electron chi connectivity index (χ0n) is 16.6. The molecule has 0 radical (unpaired) electrons. The Bertz CT molecular complexity index is 567. The Balaban J connectivity index is 1.82. The summed E-state index contributed by atoms with van der Waals surface area (Å²) in [5, 5.41) is 0. The minimum absolute atomic E-state index is 0.687. The molecule has 4 nitrogen and oxygen atoms in total. The lowest BCUT2D eigenvalue weighted by Gasteiger charge is -2.37. The third kappa shape index (κ3) is 4.36. The van der Waals surface area contributed by atoms with Crippen LogP contribution in [0.2, 0.25) is 0 Å². The number of hydrogen-bond acceptors (Lipinski definition) is 4. The van der Waals surface area contributed by atoms with Crippen LogP contribution in [0.5, 0.6) is 5.75 Å². The molecule has 1 aromatic carbocycles. The third-order valence-corrected chi connectivity index (χ3v) is 5.90. The van der Waals surface area contributed by atoms with Crippen molar-refractivity contribution < 1.29 is 4.74 Å². The van der Waals surface area contributed by atoms with Crippen molar-refractivity contribution >= 4 is 0 Å². The zero-order chi connectivity index (χ0) is 17.8. The highest BCUT2D eigenvalue weighted by atomic mass is 16.5. The topological polar surface area (TPSA) is 19.0 Å². The van der Waals surface area contributed by atoms with Gasteiger partial charge in [0.1, 0.15) is 5.75 Å². The van der Waals surface area contributed by atoms with E-state index in [2.05, 4.69) is 54.7 Å². The molecule has 0 saturated carbocycles. The number of ether oxygens (including phenoxy) is 1. The van der Waals surface area contributed by atoms with Gasteiger partial charge in [0.2, 0.25) is 0 Å². The van der Waals surface area contributed by atoms with Crippen LogP contribution in [0.4, 0.5) is 0 Å². The Hall–Kier alpha value is -1.10. The van der Waals surface area contributed by atoms with E-state index in [-0.39, 0.29) is 0 Å². The Morgan fingerprint density at radius 1 is 1.04 bits per heavy atom. The molecule has 2 aliphatic rings. The summed E-state index contributed by atoms with van der Waals surface area (Å²) < 4.78 is 6.03. The number of nitrogens with zero attached hydrogens (tertiary/aromatic N) is 3.